The molecule has 3 nitrogen and oxygen atoms in total. The molecule has 0 unspecified atom stereocenters. The van der Waals surface area contributed by atoms with E-state index in [0.29, 0.717) is 0 Å². The molecular weight excluding hydrogens is 349 g/mol. The molecular formula is C15H12ClF3N2OS. The van der Waals surface area contributed by atoms with Crippen LogP contribution in [0.2, 0.25) is 5.02 Å². The van der Waals surface area contributed by atoms with E-state index in [1.54, 1.807) is 0 Å². The average molecular weight is 361 g/mol. The summed E-state index contributed by atoms with van der Waals surface area (Å²) < 4.78 is 38.9. The minimum Gasteiger partial charge on any atom is -0.337 e. The third-order valence-corrected chi connectivity index (χ3v) is 4.09. The van der Waals surface area contributed by atoms with E-state index in [1.807, 2.05) is 0 Å². The van der Waals surface area contributed by atoms with Gasteiger partial charge in [0.2, 0.25) is 0 Å². The monoisotopic (exact) mass is 360 g/mol. The van der Waals surface area contributed by atoms with Crippen molar-refractivity contribution in [3.63, 3.8) is 0 Å². The maximum absolute atomic E-state index is 13.8. The minimum absolute atomic E-state index is 0.0350. The first-order valence-electron chi connectivity index (χ1n) is 6.48. The van der Waals surface area contributed by atoms with Crippen molar-refractivity contribution in [3.8, 4) is 0 Å². The van der Waals surface area contributed by atoms with Gasteiger partial charge < -0.3 is 4.90 Å². The molecule has 0 aliphatic carbocycles. The van der Waals surface area contributed by atoms with E-state index < -0.39 is 17.5 Å². The first kappa shape index (κ1) is 17.6. The molecule has 0 saturated heterocycles. The lowest BCUT2D eigenvalue weighted by atomic mass is 10.2. The molecule has 0 radical (unpaired) electrons. The van der Waals surface area contributed by atoms with E-state index in [0.717, 1.165) is 0 Å². The quantitative estimate of drug-likeness (QED) is 0.738. The van der Waals surface area contributed by atoms with Crippen LogP contribution in [0.4, 0.5) is 13.2 Å². The minimum atomic E-state index is -2.69. The number of hydrogen-bond acceptors (Lipinski definition) is 3. The highest BCUT2D eigenvalue weighted by Crippen LogP contribution is 2.28. The summed E-state index contributed by atoms with van der Waals surface area (Å²) in [5.74, 6) is -3.77. The van der Waals surface area contributed by atoms with Gasteiger partial charge in [-0.3, -0.25) is 4.79 Å². The van der Waals surface area contributed by atoms with Gasteiger partial charge in [-0.05, 0) is 36.0 Å². The first-order chi connectivity index (χ1) is 10.9. The number of halogens is 4. The van der Waals surface area contributed by atoms with Crippen LogP contribution >= 0.6 is 23.4 Å². The van der Waals surface area contributed by atoms with Crippen LogP contribution in [-0.2, 0) is 6.54 Å². The summed E-state index contributed by atoms with van der Waals surface area (Å²) in [7, 11) is 1.44. The summed E-state index contributed by atoms with van der Waals surface area (Å²) in [5, 5.41) is 0.122. The molecule has 0 atom stereocenters. The molecule has 1 heterocycles. The van der Waals surface area contributed by atoms with E-state index in [9.17, 15) is 18.0 Å². The molecule has 1 aromatic carbocycles. The highest BCUT2D eigenvalue weighted by atomic mass is 35.5. The molecule has 8 heteroatoms. The topological polar surface area (TPSA) is 33.2 Å². The molecule has 0 fully saturated rings. The fourth-order valence-corrected chi connectivity index (χ4v) is 2.73. The van der Waals surface area contributed by atoms with Crippen molar-refractivity contribution in [2.45, 2.75) is 17.3 Å². The van der Waals surface area contributed by atoms with Gasteiger partial charge in [-0.2, -0.15) is 8.78 Å². The normalized spacial score (nSPS) is 10.9. The number of alkyl halides is 2. The fourth-order valence-electron chi connectivity index (χ4n) is 1.93. The lowest BCUT2D eigenvalue weighted by Crippen LogP contribution is -2.27. The van der Waals surface area contributed by atoms with Crippen molar-refractivity contribution in [2.24, 2.45) is 0 Å². The number of benzene rings is 1. The molecule has 122 valence electrons. The third kappa shape index (κ3) is 4.39. The molecule has 0 bridgehead atoms. The molecule has 1 amide bonds. The fraction of sp³-hybridized carbons (Fsp3) is 0.200. The molecule has 0 spiro atoms. The van der Waals surface area contributed by atoms with Crippen LogP contribution in [0.1, 0.15) is 15.9 Å². The van der Waals surface area contributed by atoms with E-state index in [1.165, 1.54) is 48.5 Å². The van der Waals surface area contributed by atoms with Gasteiger partial charge in [0.25, 0.3) is 11.7 Å². The first-order valence-corrected chi connectivity index (χ1v) is 7.74. The Morgan fingerprint density at radius 3 is 2.74 bits per heavy atom. The number of rotatable bonds is 5. The van der Waals surface area contributed by atoms with Crippen LogP contribution in [0.25, 0.3) is 0 Å². The summed E-state index contributed by atoms with van der Waals surface area (Å²) in [6.07, 6.45) is 1.33. The van der Waals surface area contributed by atoms with E-state index in [4.69, 9.17) is 11.6 Å². The lowest BCUT2D eigenvalue weighted by Gasteiger charge is -2.19. The summed E-state index contributed by atoms with van der Waals surface area (Å²) in [6, 6.07) is 7.09. The third-order valence-electron chi connectivity index (χ3n) is 3.01. The second-order valence-corrected chi connectivity index (χ2v) is 5.98. The number of thioether (sulfide) groups is 1. The standard InChI is InChI=1S/C15H12ClF3N2OS/c1-21(8-10-11(16)5-2-6-12(10)17)14(22)9-4-3-7-20-13(9)23-15(18)19/h2-7,15H,8H2,1H3. The van der Waals surface area contributed by atoms with Crippen LogP contribution < -0.4 is 0 Å². The van der Waals surface area contributed by atoms with Gasteiger partial charge in [-0.15, -0.1) is 0 Å². The van der Waals surface area contributed by atoms with Crippen molar-refractivity contribution in [3.05, 3.63) is 58.5 Å². The number of amides is 1. The Hall–Kier alpha value is -1.73. The Morgan fingerprint density at radius 2 is 2.09 bits per heavy atom. The molecule has 0 aliphatic rings. The van der Waals surface area contributed by atoms with Crippen molar-refractivity contribution in [1.29, 1.82) is 0 Å². The molecule has 2 rings (SSSR count). The number of carbonyl (C=O) groups excluding carboxylic acids is 1. The van der Waals surface area contributed by atoms with Crippen molar-refractivity contribution in [1.82, 2.24) is 9.88 Å². The molecule has 23 heavy (non-hydrogen) atoms. The van der Waals surface area contributed by atoms with Gasteiger partial charge in [0.05, 0.1) is 5.56 Å². The van der Waals surface area contributed by atoms with Crippen molar-refractivity contribution in [2.75, 3.05) is 7.05 Å². The van der Waals surface area contributed by atoms with E-state index in [-0.39, 0.29) is 39.5 Å². The number of carbonyl (C=O) groups is 1. The van der Waals surface area contributed by atoms with Crippen LogP contribution in [-0.4, -0.2) is 28.6 Å². The summed E-state index contributed by atoms with van der Waals surface area (Å²) in [5.41, 5.74) is 0.199. The lowest BCUT2D eigenvalue weighted by molar-refractivity contribution is 0.0779. The molecule has 1 aromatic heterocycles. The maximum Gasteiger partial charge on any atom is 0.290 e. The van der Waals surface area contributed by atoms with Crippen LogP contribution in [0, 0.1) is 5.82 Å². The zero-order valence-electron chi connectivity index (χ0n) is 12.0. The predicted molar refractivity (Wildman–Crippen MR) is 83.3 cm³/mol. The van der Waals surface area contributed by atoms with Gasteiger partial charge in [0, 0.05) is 30.4 Å². The number of pyridine rings is 1. The number of hydrogen-bond donors (Lipinski definition) is 0. The Labute approximate surface area is 140 Å². The Bertz CT molecular complexity index is 695. The maximum atomic E-state index is 13.8. The largest absolute Gasteiger partial charge is 0.337 e. The van der Waals surface area contributed by atoms with Crippen molar-refractivity contribution < 1.29 is 18.0 Å². The van der Waals surface area contributed by atoms with Crippen molar-refractivity contribution >= 4 is 29.3 Å². The van der Waals surface area contributed by atoms with Gasteiger partial charge in [-0.1, -0.05) is 17.7 Å². The Kier molecular flexibility index (Phi) is 5.90. The average Bonchev–Trinajstić information content (AvgIpc) is 2.50. The Balaban J connectivity index is 2.24. The Morgan fingerprint density at radius 1 is 1.35 bits per heavy atom. The van der Waals surface area contributed by atoms with E-state index >= 15 is 0 Å². The second kappa shape index (κ2) is 7.70. The molecule has 2 aromatic rings. The number of nitrogens with zero attached hydrogens (tertiary/aromatic N) is 2. The molecule has 0 saturated carbocycles. The van der Waals surface area contributed by atoms with Gasteiger partial charge in [0.15, 0.2) is 0 Å². The highest BCUT2D eigenvalue weighted by molar-refractivity contribution is 7.99. The second-order valence-electron chi connectivity index (χ2n) is 4.60. The number of aromatic nitrogens is 1. The molecule has 0 aliphatic heterocycles. The molecule has 0 N–H and O–H groups in total. The van der Waals surface area contributed by atoms with Gasteiger partial charge >= 0.3 is 0 Å². The van der Waals surface area contributed by atoms with Gasteiger partial charge in [0.1, 0.15) is 10.8 Å². The SMILES string of the molecule is CN(Cc1c(F)cccc1Cl)C(=O)c1cccnc1SC(F)F. The summed E-state index contributed by atoms with van der Waals surface area (Å²) in [4.78, 5) is 17.4. The van der Waals surface area contributed by atoms with E-state index in [2.05, 4.69) is 4.98 Å². The summed E-state index contributed by atoms with van der Waals surface area (Å²) >= 11 is 6.12. The predicted octanol–water partition coefficient (Wildman–Crippen LogP) is 4.46. The zero-order chi connectivity index (χ0) is 17.0. The highest BCUT2D eigenvalue weighted by Gasteiger charge is 2.21. The zero-order valence-corrected chi connectivity index (χ0v) is 13.5. The van der Waals surface area contributed by atoms with Gasteiger partial charge in [-0.25, -0.2) is 9.37 Å². The summed E-state index contributed by atoms with van der Waals surface area (Å²) in [6.45, 7) is -0.0853. The smallest absolute Gasteiger partial charge is 0.290 e. The van der Waals surface area contributed by atoms with Crippen LogP contribution in [0.5, 0.6) is 0 Å². The van der Waals surface area contributed by atoms with Crippen LogP contribution in [0.15, 0.2) is 41.6 Å². The van der Waals surface area contributed by atoms with Crippen LogP contribution in [0.3, 0.4) is 0 Å².